The van der Waals surface area contributed by atoms with E-state index in [1.807, 2.05) is 43.3 Å². The lowest BCUT2D eigenvalue weighted by Gasteiger charge is -2.04. The minimum atomic E-state index is 0.468. The Kier molecular flexibility index (Phi) is 4.42. The van der Waals surface area contributed by atoms with Crippen molar-refractivity contribution in [3.8, 4) is 5.75 Å². The highest BCUT2D eigenvalue weighted by molar-refractivity contribution is 5.27. The van der Waals surface area contributed by atoms with Gasteiger partial charge in [-0.25, -0.2) is 0 Å². The summed E-state index contributed by atoms with van der Waals surface area (Å²) in [7, 11) is 0. The van der Waals surface area contributed by atoms with Crippen LogP contribution in [-0.4, -0.2) is 6.54 Å². The second kappa shape index (κ2) is 6.26. The number of hydrogen-bond donors (Lipinski definition) is 1. The molecule has 1 aromatic heterocycles. The number of furan rings is 1. The molecule has 0 bridgehead atoms. The van der Waals surface area contributed by atoms with Crippen LogP contribution in [0.25, 0.3) is 0 Å². The fourth-order valence-electron chi connectivity index (χ4n) is 1.70. The molecule has 0 aliphatic heterocycles. The van der Waals surface area contributed by atoms with Gasteiger partial charge in [-0.05, 0) is 43.3 Å². The molecule has 0 amide bonds. The molecule has 1 aromatic carbocycles. The molecule has 0 spiro atoms. The van der Waals surface area contributed by atoms with Crippen LogP contribution in [-0.2, 0) is 13.2 Å². The van der Waals surface area contributed by atoms with Gasteiger partial charge in [-0.3, -0.25) is 0 Å². The molecular formula is C15H19NO2. The van der Waals surface area contributed by atoms with Gasteiger partial charge in [0.05, 0.1) is 6.54 Å². The first-order chi connectivity index (χ1) is 8.78. The largest absolute Gasteiger partial charge is 0.486 e. The van der Waals surface area contributed by atoms with E-state index >= 15 is 0 Å². The van der Waals surface area contributed by atoms with Crippen LogP contribution in [0.4, 0.5) is 0 Å². The lowest BCUT2D eigenvalue weighted by atomic mass is 10.2. The molecule has 0 saturated carbocycles. The summed E-state index contributed by atoms with van der Waals surface area (Å²) in [4.78, 5) is 0. The van der Waals surface area contributed by atoms with Gasteiger partial charge in [0.2, 0.25) is 0 Å². The zero-order chi connectivity index (χ0) is 12.8. The Labute approximate surface area is 108 Å². The van der Waals surface area contributed by atoms with Crippen molar-refractivity contribution >= 4 is 0 Å². The minimum absolute atomic E-state index is 0.468. The Morgan fingerprint density at radius 2 is 2.00 bits per heavy atom. The van der Waals surface area contributed by atoms with E-state index in [4.69, 9.17) is 9.15 Å². The van der Waals surface area contributed by atoms with Crippen molar-refractivity contribution in [1.29, 1.82) is 0 Å². The molecule has 1 N–H and O–H groups in total. The van der Waals surface area contributed by atoms with Crippen molar-refractivity contribution in [2.75, 3.05) is 6.54 Å². The molecule has 0 unspecified atom stereocenters. The fourth-order valence-corrected chi connectivity index (χ4v) is 1.70. The quantitative estimate of drug-likeness (QED) is 0.848. The van der Waals surface area contributed by atoms with Gasteiger partial charge < -0.3 is 14.5 Å². The number of nitrogens with one attached hydrogen (secondary N) is 1. The summed E-state index contributed by atoms with van der Waals surface area (Å²) >= 11 is 0. The van der Waals surface area contributed by atoms with Gasteiger partial charge in [0.15, 0.2) is 0 Å². The maximum atomic E-state index is 5.68. The van der Waals surface area contributed by atoms with Gasteiger partial charge in [-0.1, -0.05) is 19.1 Å². The summed E-state index contributed by atoms with van der Waals surface area (Å²) in [6.07, 6.45) is 0. The Bertz CT molecular complexity index is 491. The third-order valence-corrected chi connectivity index (χ3v) is 2.64. The maximum absolute atomic E-state index is 5.68. The number of benzene rings is 1. The van der Waals surface area contributed by atoms with Crippen LogP contribution in [0, 0.1) is 6.92 Å². The lowest BCUT2D eigenvalue weighted by molar-refractivity contribution is 0.265. The van der Waals surface area contributed by atoms with Gasteiger partial charge >= 0.3 is 0 Å². The molecule has 0 aliphatic rings. The number of hydrogen-bond acceptors (Lipinski definition) is 3. The summed E-state index contributed by atoms with van der Waals surface area (Å²) < 4.78 is 11.3. The number of ether oxygens (including phenoxy) is 1. The molecule has 0 saturated heterocycles. The summed E-state index contributed by atoms with van der Waals surface area (Å²) in [5, 5.41) is 3.22. The Morgan fingerprint density at radius 3 is 2.78 bits per heavy atom. The van der Waals surface area contributed by atoms with Crippen LogP contribution in [0.5, 0.6) is 5.75 Å². The van der Waals surface area contributed by atoms with Gasteiger partial charge in [-0.2, -0.15) is 0 Å². The van der Waals surface area contributed by atoms with Crippen LogP contribution < -0.4 is 10.1 Å². The third-order valence-electron chi connectivity index (χ3n) is 2.64. The second-order valence-corrected chi connectivity index (χ2v) is 4.25. The maximum Gasteiger partial charge on any atom is 0.146 e. The molecule has 1 heterocycles. The van der Waals surface area contributed by atoms with Crippen molar-refractivity contribution in [2.45, 2.75) is 27.0 Å². The fraction of sp³-hybridized carbons (Fsp3) is 0.333. The highest BCUT2D eigenvalue weighted by Gasteiger charge is 2.02. The molecule has 0 aliphatic carbocycles. The predicted molar refractivity (Wildman–Crippen MR) is 71.6 cm³/mol. The zero-order valence-corrected chi connectivity index (χ0v) is 10.9. The molecule has 2 rings (SSSR count). The standard InChI is InChI=1S/C15H19NO2/c1-3-16-10-14-7-8-15(18-14)11-17-13-6-4-5-12(2)9-13/h4-9,16H,3,10-11H2,1-2H3. The molecule has 96 valence electrons. The summed E-state index contributed by atoms with van der Waals surface area (Å²) in [6.45, 7) is 6.30. The average Bonchev–Trinajstić information content (AvgIpc) is 2.82. The van der Waals surface area contributed by atoms with Crippen LogP contribution in [0.3, 0.4) is 0 Å². The summed E-state index contributed by atoms with van der Waals surface area (Å²) in [6, 6.07) is 12.0. The SMILES string of the molecule is CCNCc1ccc(COc2cccc(C)c2)o1. The highest BCUT2D eigenvalue weighted by atomic mass is 16.5. The zero-order valence-electron chi connectivity index (χ0n) is 10.9. The van der Waals surface area contributed by atoms with Crippen molar-refractivity contribution in [3.05, 3.63) is 53.5 Å². The van der Waals surface area contributed by atoms with E-state index in [9.17, 15) is 0 Å². The second-order valence-electron chi connectivity index (χ2n) is 4.25. The molecule has 18 heavy (non-hydrogen) atoms. The van der Waals surface area contributed by atoms with Gasteiger partial charge in [-0.15, -0.1) is 0 Å². The van der Waals surface area contributed by atoms with Crippen molar-refractivity contribution in [1.82, 2.24) is 5.32 Å². The van der Waals surface area contributed by atoms with E-state index in [-0.39, 0.29) is 0 Å². The molecule has 3 nitrogen and oxygen atoms in total. The van der Waals surface area contributed by atoms with E-state index in [1.165, 1.54) is 5.56 Å². The molecule has 0 fully saturated rings. The van der Waals surface area contributed by atoms with E-state index in [0.717, 1.165) is 30.4 Å². The Morgan fingerprint density at radius 1 is 1.17 bits per heavy atom. The average molecular weight is 245 g/mol. The van der Waals surface area contributed by atoms with E-state index in [1.54, 1.807) is 0 Å². The molecule has 2 aromatic rings. The topological polar surface area (TPSA) is 34.4 Å². The summed E-state index contributed by atoms with van der Waals surface area (Å²) in [5.74, 6) is 2.67. The van der Waals surface area contributed by atoms with Crippen molar-refractivity contribution in [2.24, 2.45) is 0 Å². The predicted octanol–water partition coefficient (Wildman–Crippen LogP) is 3.28. The normalized spacial score (nSPS) is 10.6. The van der Waals surface area contributed by atoms with Crippen molar-refractivity contribution in [3.63, 3.8) is 0 Å². The monoisotopic (exact) mass is 245 g/mol. The highest BCUT2D eigenvalue weighted by Crippen LogP contribution is 2.15. The van der Waals surface area contributed by atoms with Gasteiger partial charge in [0.1, 0.15) is 23.9 Å². The third kappa shape index (κ3) is 3.64. The molecular weight excluding hydrogens is 226 g/mol. The first kappa shape index (κ1) is 12.7. The Balaban J connectivity index is 1.88. The first-order valence-electron chi connectivity index (χ1n) is 6.25. The molecule has 0 radical (unpaired) electrons. The lowest BCUT2D eigenvalue weighted by Crippen LogP contribution is -2.10. The van der Waals surface area contributed by atoms with Crippen LogP contribution >= 0.6 is 0 Å². The smallest absolute Gasteiger partial charge is 0.146 e. The Hall–Kier alpha value is -1.74. The van der Waals surface area contributed by atoms with Crippen molar-refractivity contribution < 1.29 is 9.15 Å². The van der Waals surface area contributed by atoms with E-state index in [0.29, 0.717) is 6.61 Å². The summed E-state index contributed by atoms with van der Waals surface area (Å²) in [5.41, 5.74) is 1.19. The first-order valence-corrected chi connectivity index (χ1v) is 6.25. The van der Waals surface area contributed by atoms with E-state index < -0.39 is 0 Å². The van der Waals surface area contributed by atoms with Crippen LogP contribution in [0.2, 0.25) is 0 Å². The molecule has 3 heteroatoms. The minimum Gasteiger partial charge on any atom is -0.486 e. The molecule has 0 atom stereocenters. The van der Waals surface area contributed by atoms with E-state index in [2.05, 4.69) is 12.2 Å². The van der Waals surface area contributed by atoms with Gasteiger partial charge in [0, 0.05) is 0 Å². The van der Waals surface area contributed by atoms with Crippen LogP contribution in [0.15, 0.2) is 40.8 Å². The number of rotatable bonds is 6. The van der Waals surface area contributed by atoms with Gasteiger partial charge in [0.25, 0.3) is 0 Å². The number of aryl methyl sites for hydroxylation is 1. The van der Waals surface area contributed by atoms with Crippen LogP contribution in [0.1, 0.15) is 24.0 Å².